The minimum Gasteiger partial charge on any atom is -0.480 e. The van der Waals surface area contributed by atoms with E-state index in [2.05, 4.69) is 5.32 Å². The van der Waals surface area contributed by atoms with Gasteiger partial charge in [-0.2, -0.15) is 0 Å². The van der Waals surface area contributed by atoms with Gasteiger partial charge in [0.05, 0.1) is 0 Å². The number of hydrogen-bond acceptors (Lipinski definition) is 3. The summed E-state index contributed by atoms with van der Waals surface area (Å²) in [6.07, 6.45) is 0.122. The Kier molecular flexibility index (Phi) is 6.66. The molecular weight excluding hydrogens is 293 g/mol. The van der Waals surface area contributed by atoms with Crippen molar-refractivity contribution >= 4 is 35.2 Å². The van der Waals surface area contributed by atoms with Gasteiger partial charge >= 0.3 is 5.97 Å². The van der Waals surface area contributed by atoms with Gasteiger partial charge in [-0.05, 0) is 24.3 Å². The van der Waals surface area contributed by atoms with Gasteiger partial charge in [0.2, 0.25) is 5.91 Å². The van der Waals surface area contributed by atoms with E-state index in [4.69, 9.17) is 16.7 Å². The Hall–Kier alpha value is -1.27. The zero-order valence-electron chi connectivity index (χ0n) is 9.94. The van der Waals surface area contributed by atoms with Crippen molar-refractivity contribution in [3.8, 4) is 0 Å². The topological polar surface area (TPSA) is 66.4 Å². The third-order valence-corrected chi connectivity index (χ3v) is 3.46. The maximum atomic E-state index is 12.3. The molecule has 0 aromatic heterocycles. The van der Waals surface area contributed by atoms with E-state index in [0.29, 0.717) is 10.8 Å². The van der Waals surface area contributed by atoms with Gasteiger partial charge in [-0.3, -0.25) is 4.79 Å². The quantitative estimate of drug-likeness (QED) is 0.759. The highest BCUT2D eigenvalue weighted by Gasteiger charge is 2.19. The number of halogens is 2. The zero-order chi connectivity index (χ0) is 14.3. The molecule has 0 saturated heterocycles. The summed E-state index contributed by atoms with van der Waals surface area (Å²) in [7, 11) is 0. The monoisotopic (exact) mass is 305 g/mol. The van der Waals surface area contributed by atoms with Crippen LogP contribution in [0.5, 0.6) is 0 Å². The van der Waals surface area contributed by atoms with Gasteiger partial charge in [0.15, 0.2) is 6.04 Å². The van der Waals surface area contributed by atoms with Gasteiger partial charge in [0.25, 0.3) is 0 Å². The molecule has 0 fully saturated rings. The molecular formula is C12H13ClFNO3S. The van der Waals surface area contributed by atoms with Crippen molar-refractivity contribution in [3.63, 3.8) is 0 Å². The zero-order valence-corrected chi connectivity index (χ0v) is 11.5. The summed E-state index contributed by atoms with van der Waals surface area (Å²) < 4.78 is 12.3. The van der Waals surface area contributed by atoms with Crippen LogP contribution in [-0.4, -0.2) is 35.5 Å². The number of benzene rings is 1. The average Bonchev–Trinajstić information content (AvgIpc) is 2.38. The smallest absolute Gasteiger partial charge is 0.328 e. The summed E-state index contributed by atoms with van der Waals surface area (Å²) in [5, 5.41) is 11.3. The average molecular weight is 306 g/mol. The lowest BCUT2D eigenvalue weighted by Crippen LogP contribution is -2.42. The molecule has 1 rings (SSSR count). The Morgan fingerprint density at radius 3 is 2.53 bits per heavy atom. The highest BCUT2D eigenvalue weighted by Crippen LogP contribution is 2.20. The number of alkyl halides is 1. The van der Waals surface area contributed by atoms with Crippen molar-refractivity contribution in [1.29, 1.82) is 0 Å². The minimum absolute atomic E-state index is 0.122. The van der Waals surface area contributed by atoms with E-state index in [0.717, 1.165) is 4.90 Å². The number of amides is 1. The van der Waals surface area contributed by atoms with Gasteiger partial charge in [-0.1, -0.05) is 11.6 Å². The number of carbonyl (C=O) groups is 2. The normalized spacial score (nSPS) is 11.9. The van der Waals surface area contributed by atoms with Crippen molar-refractivity contribution < 1.29 is 19.1 Å². The van der Waals surface area contributed by atoms with Crippen LogP contribution in [0.3, 0.4) is 0 Å². The summed E-state index contributed by atoms with van der Waals surface area (Å²) in [5.41, 5.74) is 0. The number of aliphatic carboxylic acids is 1. The molecule has 7 heteroatoms. The van der Waals surface area contributed by atoms with Crippen molar-refractivity contribution in [3.05, 3.63) is 29.3 Å². The van der Waals surface area contributed by atoms with Crippen molar-refractivity contribution in [2.75, 3.05) is 12.4 Å². The number of carbonyl (C=O) groups excluding carboxylic acids is 1. The number of hydrogen-bond donors (Lipinski definition) is 2. The number of carboxylic acid groups (broad SMARTS) is 1. The fraction of sp³-hybridized carbons (Fsp3) is 0.333. The summed E-state index contributed by atoms with van der Waals surface area (Å²) in [6.45, 7) is -1.12. The summed E-state index contributed by atoms with van der Waals surface area (Å²) in [4.78, 5) is 22.9. The molecule has 2 N–H and O–H groups in total. The van der Waals surface area contributed by atoms with Crippen LogP contribution in [0.25, 0.3) is 0 Å². The van der Waals surface area contributed by atoms with Crippen LogP contribution < -0.4 is 5.32 Å². The number of nitrogens with one attached hydrogen (secondary N) is 1. The first-order chi connectivity index (χ1) is 9.02. The van der Waals surface area contributed by atoms with Crippen molar-refractivity contribution in [2.24, 2.45) is 0 Å². The first-order valence-electron chi connectivity index (χ1n) is 5.49. The fourth-order valence-corrected chi connectivity index (χ4v) is 2.20. The molecule has 0 saturated carbocycles. The molecule has 0 radical (unpaired) electrons. The van der Waals surface area contributed by atoms with E-state index in [1.165, 1.54) is 11.8 Å². The van der Waals surface area contributed by atoms with Gasteiger partial charge in [-0.15, -0.1) is 11.8 Å². The van der Waals surface area contributed by atoms with Crippen LogP contribution in [0.4, 0.5) is 4.39 Å². The van der Waals surface area contributed by atoms with E-state index in [9.17, 15) is 14.0 Å². The van der Waals surface area contributed by atoms with Crippen molar-refractivity contribution in [2.45, 2.75) is 17.4 Å². The Morgan fingerprint density at radius 2 is 2.00 bits per heavy atom. The highest BCUT2D eigenvalue weighted by atomic mass is 35.5. The lowest BCUT2D eigenvalue weighted by atomic mass is 10.3. The standard InChI is InChI=1S/C12H13ClFNO3S/c13-8-1-3-9(4-2-8)19-6-5-11(16)15-10(7-14)12(17)18/h1-4,10H,5-7H2,(H,15,16)(H,17,18). The SMILES string of the molecule is O=C(CCSc1ccc(Cl)cc1)NC(CF)C(=O)O. The van der Waals surface area contributed by atoms with Crippen LogP contribution in [0.15, 0.2) is 29.2 Å². The van der Waals surface area contributed by atoms with Gasteiger partial charge in [0, 0.05) is 22.1 Å². The van der Waals surface area contributed by atoms with E-state index in [1.54, 1.807) is 12.1 Å². The maximum absolute atomic E-state index is 12.3. The lowest BCUT2D eigenvalue weighted by Gasteiger charge is -2.10. The lowest BCUT2D eigenvalue weighted by molar-refractivity contribution is -0.142. The van der Waals surface area contributed by atoms with Crippen LogP contribution in [0.1, 0.15) is 6.42 Å². The third kappa shape index (κ3) is 5.94. The van der Waals surface area contributed by atoms with Gasteiger partial charge in [-0.25, -0.2) is 9.18 Å². The van der Waals surface area contributed by atoms with Crippen LogP contribution in [0, 0.1) is 0 Å². The molecule has 0 aliphatic heterocycles. The summed E-state index contributed by atoms with van der Waals surface area (Å²) >= 11 is 7.17. The molecule has 104 valence electrons. The first-order valence-corrected chi connectivity index (χ1v) is 6.85. The molecule has 19 heavy (non-hydrogen) atoms. The number of thioether (sulfide) groups is 1. The molecule has 0 aliphatic rings. The molecule has 1 aromatic rings. The van der Waals surface area contributed by atoms with E-state index < -0.39 is 24.6 Å². The van der Waals surface area contributed by atoms with E-state index >= 15 is 0 Å². The van der Waals surface area contributed by atoms with Crippen LogP contribution in [-0.2, 0) is 9.59 Å². The van der Waals surface area contributed by atoms with Gasteiger partial charge in [0.1, 0.15) is 6.67 Å². The van der Waals surface area contributed by atoms with Crippen LogP contribution >= 0.6 is 23.4 Å². The molecule has 1 unspecified atom stereocenters. The van der Waals surface area contributed by atoms with E-state index in [-0.39, 0.29) is 6.42 Å². The van der Waals surface area contributed by atoms with Gasteiger partial charge < -0.3 is 10.4 Å². The molecule has 0 heterocycles. The second-order valence-corrected chi connectivity index (χ2v) is 5.27. The molecule has 4 nitrogen and oxygen atoms in total. The Morgan fingerprint density at radius 1 is 1.37 bits per heavy atom. The largest absolute Gasteiger partial charge is 0.480 e. The second-order valence-electron chi connectivity index (χ2n) is 3.67. The molecule has 1 aromatic carbocycles. The second kappa shape index (κ2) is 8.01. The molecule has 1 atom stereocenters. The van der Waals surface area contributed by atoms with E-state index in [1.807, 2.05) is 12.1 Å². The predicted molar refractivity (Wildman–Crippen MR) is 72.3 cm³/mol. The third-order valence-electron chi connectivity index (χ3n) is 2.20. The molecule has 0 aliphatic carbocycles. The first kappa shape index (κ1) is 15.8. The Labute approximate surface area is 119 Å². The molecule has 1 amide bonds. The Balaban J connectivity index is 2.30. The highest BCUT2D eigenvalue weighted by molar-refractivity contribution is 7.99. The maximum Gasteiger partial charge on any atom is 0.328 e. The van der Waals surface area contributed by atoms with Crippen molar-refractivity contribution in [1.82, 2.24) is 5.32 Å². The molecule has 0 bridgehead atoms. The summed E-state index contributed by atoms with van der Waals surface area (Å²) in [5.74, 6) is -1.38. The van der Waals surface area contributed by atoms with Crippen LogP contribution in [0.2, 0.25) is 5.02 Å². The minimum atomic E-state index is -1.46. The Bertz CT molecular complexity index is 441. The number of carboxylic acids is 1. The molecule has 0 spiro atoms. The predicted octanol–water partition coefficient (Wildman–Crippen LogP) is 2.36. The summed E-state index contributed by atoms with van der Waals surface area (Å²) in [6, 6.07) is 5.67. The fourth-order valence-electron chi connectivity index (χ4n) is 1.23. The number of rotatable bonds is 7.